The monoisotopic (exact) mass is 404 g/mol. The second-order valence-electron chi connectivity index (χ2n) is 6.41. The quantitative estimate of drug-likeness (QED) is 0.639. The van der Waals surface area contributed by atoms with Crippen LogP contribution in [-0.2, 0) is 10.0 Å². The standard InChI is InChI=1S/C17H28N4O3S.ClH/c1-20(2)25(23,24)14-7-8-16(21-11-5-6-12-21)15(13-14)17(22)19-10-4-3-9-18;/h7-8,13H,3-6,9-12,18H2,1-2H3,(H,19,22);1H. The lowest BCUT2D eigenvalue weighted by atomic mass is 10.1. The minimum atomic E-state index is -3.58. The zero-order valence-corrected chi connectivity index (χ0v) is 17.0. The van der Waals surface area contributed by atoms with E-state index in [-0.39, 0.29) is 23.2 Å². The van der Waals surface area contributed by atoms with Crippen molar-refractivity contribution in [2.24, 2.45) is 5.73 Å². The summed E-state index contributed by atoms with van der Waals surface area (Å²) in [6.45, 7) is 2.88. The first-order valence-corrected chi connectivity index (χ1v) is 10.1. The highest BCUT2D eigenvalue weighted by molar-refractivity contribution is 7.89. The van der Waals surface area contributed by atoms with E-state index < -0.39 is 10.0 Å². The number of carbonyl (C=O) groups is 1. The van der Waals surface area contributed by atoms with Crippen LogP contribution in [0.1, 0.15) is 36.0 Å². The molecule has 9 heteroatoms. The van der Waals surface area contributed by atoms with Gasteiger partial charge in [0, 0.05) is 39.4 Å². The van der Waals surface area contributed by atoms with Gasteiger partial charge in [0.25, 0.3) is 5.91 Å². The Bertz CT molecular complexity index is 704. The minimum absolute atomic E-state index is 0. The number of nitrogens with two attached hydrogens (primary N) is 1. The van der Waals surface area contributed by atoms with Gasteiger partial charge in [-0.2, -0.15) is 0 Å². The van der Waals surface area contributed by atoms with Crippen molar-refractivity contribution in [1.82, 2.24) is 9.62 Å². The number of hydrogen-bond acceptors (Lipinski definition) is 5. The average Bonchev–Trinajstić information content (AvgIpc) is 3.12. The van der Waals surface area contributed by atoms with Crippen LogP contribution in [0.15, 0.2) is 23.1 Å². The molecule has 148 valence electrons. The Labute approximate surface area is 162 Å². The SMILES string of the molecule is CN(C)S(=O)(=O)c1ccc(N2CCCC2)c(C(=O)NCCCCN)c1.Cl. The van der Waals surface area contributed by atoms with Gasteiger partial charge in [-0.15, -0.1) is 12.4 Å². The summed E-state index contributed by atoms with van der Waals surface area (Å²) >= 11 is 0. The molecule has 0 spiro atoms. The van der Waals surface area contributed by atoms with E-state index in [1.165, 1.54) is 20.2 Å². The number of benzene rings is 1. The third-order valence-electron chi connectivity index (χ3n) is 4.35. The molecule has 2 rings (SSSR count). The maximum atomic E-state index is 12.7. The zero-order valence-electron chi connectivity index (χ0n) is 15.4. The van der Waals surface area contributed by atoms with E-state index in [1.54, 1.807) is 12.1 Å². The molecule has 0 aromatic heterocycles. The highest BCUT2D eigenvalue weighted by Gasteiger charge is 2.24. The van der Waals surface area contributed by atoms with E-state index >= 15 is 0 Å². The molecule has 0 bridgehead atoms. The molecule has 1 amide bonds. The fraction of sp³-hybridized carbons (Fsp3) is 0.588. The summed E-state index contributed by atoms with van der Waals surface area (Å²) < 4.78 is 26.0. The predicted octanol–water partition coefficient (Wildman–Crippen LogP) is 1.43. The fourth-order valence-electron chi connectivity index (χ4n) is 2.87. The van der Waals surface area contributed by atoms with E-state index in [0.29, 0.717) is 18.7 Å². The predicted molar refractivity (Wildman–Crippen MR) is 107 cm³/mol. The van der Waals surface area contributed by atoms with Crippen molar-refractivity contribution >= 4 is 34.0 Å². The first kappa shape index (κ1) is 22.7. The van der Waals surface area contributed by atoms with E-state index in [1.807, 2.05) is 0 Å². The average molecular weight is 405 g/mol. The molecule has 1 aliphatic rings. The lowest BCUT2D eigenvalue weighted by Crippen LogP contribution is -2.29. The Morgan fingerprint density at radius 3 is 2.46 bits per heavy atom. The van der Waals surface area contributed by atoms with Crippen molar-refractivity contribution in [3.8, 4) is 0 Å². The molecule has 26 heavy (non-hydrogen) atoms. The van der Waals surface area contributed by atoms with Crippen molar-refractivity contribution in [2.45, 2.75) is 30.6 Å². The van der Waals surface area contributed by atoms with Crippen LogP contribution in [0.4, 0.5) is 5.69 Å². The Morgan fingerprint density at radius 1 is 1.23 bits per heavy atom. The molecule has 3 N–H and O–H groups in total. The number of amides is 1. The summed E-state index contributed by atoms with van der Waals surface area (Å²) in [5.41, 5.74) is 6.68. The number of halogens is 1. The van der Waals surface area contributed by atoms with Gasteiger partial charge in [-0.25, -0.2) is 12.7 Å². The largest absolute Gasteiger partial charge is 0.371 e. The van der Waals surface area contributed by atoms with Gasteiger partial charge in [-0.1, -0.05) is 0 Å². The van der Waals surface area contributed by atoms with Crippen molar-refractivity contribution < 1.29 is 13.2 Å². The van der Waals surface area contributed by atoms with Gasteiger partial charge in [0.1, 0.15) is 0 Å². The van der Waals surface area contributed by atoms with Crippen LogP contribution in [0.5, 0.6) is 0 Å². The molecule has 1 heterocycles. The molecule has 1 saturated heterocycles. The number of anilines is 1. The minimum Gasteiger partial charge on any atom is -0.371 e. The highest BCUT2D eigenvalue weighted by atomic mass is 35.5. The number of nitrogens with one attached hydrogen (secondary N) is 1. The van der Waals surface area contributed by atoms with Crippen LogP contribution in [0.25, 0.3) is 0 Å². The summed E-state index contributed by atoms with van der Waals surface area (Å²) in [5, 5.41) is 2.88. The number of sulfonamides is 1. The summed E-state index contributed by atoms with van der Waals surface area (Å²) in [5.74, 6) is -0.241. The molecular weight excluding hydrogens is 376 g/mol. The fourth-order valence-corrected chi connectivity index (χ4v) is 3.80. The molecule has 0 aliphatic carbocycles. The molecule has 1 aliphatic heterocycles. The number of hydrogen-bond donors (Lipinski definition) is 2. The normalized spacial score (nSPS) is 14.4. The van der Waals surface area contributed by atoms with Gasteiger partial charge in [0.05, 0.1) is 10.5 Å². The van der Waals surface area contributed by atoms with E-state index in [4.69, 9.17) is 5.73 Å². The smallest absolute Gasteiger partial charge is 0.253 e. The van der Waals surface area contributed by atoms with Crippen LogP contribution in [0.3, 0.4) is 0 Å². The molecule has 1 fully saturated rings. The molecule has 1 aromatic rings. The summed E-state index contributed by atoms with van der Waals surface area (Å²) in [6, 6.07) is 4.81. The molecule has 0 radical (unpaired) electrons. The summed E-state index contributed by atoms with van der Waals surface area (Å²) in [4.78, 5) is 14.9. The summed E-state index contributed by atoms with van der Waals surface area (Å²) in [6.07, 6.45) is 3.80. The Hall–Kier alpha value is -1.35. The van der Waals surface area contributed by atoms with Crippen LogP contribution in [0, 0.1) is 0 Å². The third-order valence-corrected chi connectivity index (χ3v) is 6.17. The Kier molecular flexibility index (Phi) is 8.82. The van der Waals surface area contributed by atoms with Crippen molar-refractivity contribution in [1.29, 1.82) is 0 Å². The van der Waals surface area contributed by atoms with E-state index in [2.05, 4.69) is 10.2 Å². The maximum absolute atomic E-state index is 12.7. The van der Waals surface area contributed by atoms with Gasteiger partial charge in [-0.05, 0) is 50.4 Å². The Balaban J connectivity index is 0.00000338. The van der Waals surface area contributed by atoms with E-state index in [9.17, 15) is 13.2 Å². The molecule has 1 aromatic carbocycles. The number of unbranched alkanes of at least 4 members (excludes halogenated alkanes) is 1. The molecule has 7 nitrogen and oxygen atoms in total. The highest BCUT2D eigenvalue weighted by Crippen LogP contribution is 2.28. The lowest BCUT2D eigenvalue weighted by molar-refractivity contribution is 0.0953. The first-order valence-electron chi connectivity index (χ1n) is 8.67. The Morgan fingerprint density at radius 2 is 1.88 bits per heavy atom. The molecular formula is C17H29ClN4O3S. The lowest BCUT2D eigenvalue weighted by Gasteiger charge is -2.22. The van der Waals surface area contributed by atoms with Crippen LogP contribution < -0.4 is 16.0 Å². The van der Waals surface area contributed by atoms with Crippen molar-refractivity contribution in [3.63, 3.8) is 0 Å². The van der Waals surface area contributed by atoms with Crippen molar-refractivity contribution in [2.75, 3.05) is 45.2 Å². The van der Waals surface area contributed by atoms with Crippen LogP contribution in [-0.4, -0.2) is 58.9 Å². The topological polar surface area (TPSA) is 95.7 Å². The van der Waals surface area contributed by atoms with Crippen molar-refractivity contribution in [3.05, 3.63) is 23.8 Å². The molecule has 0 atom stereocenters. The maximum Gasteiger partial charge on any atom is 0.253 e. The van der Waals surface area contributed by atoms with Gasteiger partial charge in [0.15, 0.2) is 0 Å². The molecule has 0 unspecified atom stereocenters. The van der Waals surface area contributed by atoms with E-state index in [0.717, 1.165) is 48.8 Å². The third kappa shape index (κ3) is 5.33. The number of carbonyl (C=O) groups excluding carboxylic acids is 1. The van der Waals surface area contributed by atoms with Gasteiger partial charge in [0.2, 0.25) is 10.0 Å². The van der Waals surface area contributed by atoms with Gasteiger partial charge < -0.3 is 16.0 Å². The zero-order chi connectivity index (χ0) is 18.4. The number of nitrogens with zero attached hydrogens (tertiary/aromatic N) is 2. The number of rotatable bonds is 8. The van der Waals surface area contributed by atoms with Gasteiger partial charge in [-0.3, -0.25) is 4.79 Å². The summed E-state index contributed by atoms with van der Waals surface area (Å²) in [7, 11) is -0.619. The van der Waals surface area contributed by atoms with Crippen LogP contribution >= 0.6 is 12.4 Å². The first-order chi connectivity index (χ1) is 11.9. The molecule has 0 saturated carbocycles. The second kappa shape index (κ2) is 10.1. The van der Waals surface area contributed by atoms with Gasteiger partial charge >= 0.3 is 0 Å². The second-order valence-corrected chi connectivity index (χ2v) is 8.56. The van der Waals surface area contributed by atoms with Crippen LogP contribution in [0.2, 0.25) is 0 Å².